The van der Waals surface area contributed by atoms with Crippen LogP contribution < -0.4 is 0 Å². The molecule has 0 aliphatic carbocycles. The number of amides is 1. The molecule has 0 saturated carbocycles. The minimum atomic E-state index is -3.54. The van der Waals surface area contributed by atoms with E-state index in [1.807, 2.05) is 0 Å². The summed E-state index contributed by atoms with van der Waals surface area (Å²) in [4.78, 5) is 15.0. The molecule has 2 aliphatic heterocycles. The molecule has 158 valence electrons. The largest absolute Gasteiger partial charge is 0.379 e. The molecule has 2 fully saturated rings. The molecule has 0 N–H and O–H groups in total. The van der Waals surface area contributed by atoms with Gasteiger partial charge >= 0.3 is 0 Å². The Bertz CT molecular complexity index is 1050. The Morgan fingerprint density at radius 2 is 1.59 bits per heavy atom. The van der Waals surface area contributed by atoms with E-state index in [1.165, 1.54) is 19.9 Å². The second-order valence-electron chi connectivity index (χ2n) is 6.72. The van der Waals surface area contributed by atoms with Crippen LogP contribution in [0.3, 0.4) is 0 Å². The number of piperazine rings is 1. The van der Waals surface area contributed by atoms with Crippen molar-refractivity contribution in [2.24, 2.45) is 0 Å². The summed E-state index contributed by atoms with van der Waals surface area (Å²) in [5, 5.41) is 1.79. The van der Waals surface area contributed by atoms with Crippen LogP contribution >= 0.6 is 46.1 Å². The Kier molecular flexibility index (Phi) is 6.30. The van der Waals surface area contributed by atoms with Crippen molar-refractivity contribution in [2.75, 3.05) is 52.5 Å². The van der Waals surface area contributed by atoms with Crippen molar-refractivity contribution in [1.29, 1.82) is 0 Å². The van der Waals surface area contributed by atoms with Crippen LogP contribution in [0.4, 0.5) is 0 Å². The van der Waals surface area contributed by atoms with Crippen LogP contribution in [0, 0.1) is 0 Å². The maximum atomic E-state index is 13.0. The molecule has 0 unspecified atom stereocenters. The zero-order chi connectivity index (χ0) is 20.8. The number of rotatable bonds is 3. The number of hydrogen-bond acceptors (Lipinski definition) is 5. The van der Waals surface area contributed by atoms with E-state index in [2.05, 4.69) is 0 Å². The fourth-order valence-electron chi connectivity index (χ4n) is 3.46. The highest BCUT2D eigenvalue weighted by Crippen LogP contribution is 2.41. The molecule has 0 bridgehead atoms. The van der Waals surface area contributed by atoms with Crippen LogP contribution in [0.5, 0.6) is 0 Å². The minimum absolute atomic E-state index is 0.230. The van der Waals surface area contributed by atoms with Gasteiger partial charge in [-0.25, -0.2) is 0 Å². The summed E-state index contributed by atoms with van der Waals surface area (Å²) in [6.45, 7) is 2.55. The SMILES string of the molecule is O=C(c1sc2cc(Cl)cc(Cl)c2c1Cl)N1CCN(S(=O)(=O)N2CCOCC2)CC1. The van der Waals surface area contributed by atoms with Crippen molar-refractivity contribution < 1.29 is 17.9 Å². The van der Waals surface area contributed by atoms with Gasteiger partial charge in [0.15, 0.2) is 0 Å². The molecule has 7 nitrogen and oxygen atoms in total. The van der Waals surface area contributed by atoms with Gasteiger partial charge in [-0.05, 0) is 12.1 Å². The lowest BCUT2D eigenvalue weighted by Gasteiger charge is -2.37. The van der Waals surface area contributed by atoms with Crippen LogP contribution in [0.1, 0.15) is 9.67 Å². The average molecular weight is 499 g/mol. The van der Waals surface area contributed by atoms with E-state index in [0.717, 1.165) is 4.70 Å². The van der Waals surface area contributed by atoms with E-state index in [-0.39, 0.29) is 19.0 Å². The van der Waals surface area contributed by atoms with E-state index >= 15 is 0 Å². The fourth-order valence-corrected chi connectivity index (χ4v) is 7.36. The zero-order valence-corrected chi connectivity index (χ0v) is 19.1. The lowest BCUT2D eigenvalue weighted by atomic mass is 10.2. The Morgan fingerprint density at radius 1 is 0.966 bits per heavy atom. The van der Waals surface area contributed by atoms with E-state index < -0.39 is 10.2 Å². The Morgan fingerprint density at radius 3 is 2.24 bits per heavy atom. The summed E-state index contributed by atoms with van der Waals surface area (Å²) < 4.78 is 34.4. The molecule has 12 heteroatoms. The minimum Gasteiger partial charge on any atom is -0.379 e. The van der Waals surface area contributed by atoms with Gasteiger partial charge in [0, 0.05) is 54.4 Å². The topological polar surface area (TPSA) is 70.2 Å². The fraction of sp³-hybridized carbons (Fsp3) is 0.471. The number of morpholine rings is 1. The molecular weight excluding hydrogens is 481 g/mol. The lowest BCUT2D eigenvalue weighted by Crippen LogP contribution is -2.55. The highest BCUT2D eigenvalue weighted by molar-refractivity contribution is 7.86. The predicted octanol–water partition coefficient (Wildman–Crippen LogP) is 3.20. The number of ether oxygens (including phenoxy) is 1. The third-order valence-electron chi connectivity index (χ3n) is 4.99. The van der Waals surface area contributed by atoms with Crippen molar-refractivity contribution >= 4 is 72.3 Å². The monoisotopic (exact) mass is 497 g/mol. The molecule has 4 rings (SSSR count). The Balaban J connectivity index is 1.49. The molecule has 3 heterocycles. The van der Waals surface area contributed by atoms with Crippen LogP contribution in [-0.2, 0) is 14.9 Å². The number of nitrogens with zero attached hydrogens (tertiary/aromatic N) is 3. The molecule has 0 atom stereocenters. The van der Waals surface area contributed by atoms with Crippen molar-refractivity contribution in [1.82, 2.24) is 13.5 Å². The van der Waals surface area contributed by atoms with E-state index in [1.54, 1.807) is 17.0 Å². The second kappa shape index (κ2) is 8.47. The molecule has 0 radical (unpaired) electrons. The van der Waals surface area contributed by atoms with E-state index in [9.17, 15) is 13.2 Å². The molecule has 2 saturated heterocycles. The number of thiophene rings is 1. The number of benzene rings is 1. The van der Waals surface area contributed by atoms with Gasteiger partial charge in [0.05, 0.1) is 23.3 Å². The summed E-state index contributed by atoms with van der Waals surface area (Å²) in [6, 6.07) is 3.32. The molecule has 1 amide bonds. The first-order valence-electron chi connectivity index (χ1n) is 8.98. The van der Waals surface area contributed by atoms with Crippen LogP contribution in [0.2, 0.25) is 15.1 Å². The zero-order valence-electron chi connectivity index (χ0n) is 15.2. The molecule has 1 aromatic carbocycles. The molecule has 2 aromatic rings. The smallest absolute Gasteiger partial charge is 0.282 e. The maximum absolute atomic E-state index is 13.0. The van der Waals surface area contributed by atoms with Crippen molar-refractivity contribution in [3.63, 3.8) is 0 Å². The Labute approximate surface area is 187 Å². The van der Waals surface area contributed by atoms with Gasteiger partial charge in [-0.2, -0.15) is 17.0 Å². The maximum Gasteiger partial charge on any atom is 0.282 e. The summed E-state index contributed by atoms with van der Waals surface area (Å²) in [7, 11) is -3.54. The second-order valence-corrected chi connectivity index (χ2v) is 10.9. The first kappa shape index (κ1) is 21.6. The molecule has 2 aliphatic rings. The standard InChI is InChI=1S/C17H18Cl3N3O4S2/c18-11-9-12(19)14-13(10-11)28-16(15(14)20)17(24)21-1-3-22(4-2-21)29(25,26)23-5-7-27-8-6-23/h9-10H,1-8H2. The summed E-state index contributed by atoms with van der Waals surface area (Å²) >= 11 is 20.0. The third-order valence-corrected chi connectivity index (χ3v) is 9.16. The molecular formula is C17H18Cl3N3O4S2. The van der Waals surface area contributed by atoms with Gasteiger partial charge in [0.2, 0.25) is 0 Å². The highest BCUT2D eigenvalue weighted by Gasteiger charge is 2.35. The third kappa shape index (κ3) is 4.12. The Hall–Kier alpha value is -0.650. The molecule has 1 aromatic heterocycles. The summed E-state index contributed by atoms with van der Waals surface area (Å²) in [6.07, 6.45) is 0. The summed E-state index contributed by atoms with van der Waals surface area (Å²) in [5.41, 5.74) is 0. The lowest BCUT2D eigenvalue weighted by molar-refractivity contribution is 0.0639. The van der Waals surface area contributed by atoms with Gasteiger partial charge in [0.25, 0.3) is 16.1 Å². The quantitative estimate of drug-likeness (QED) is 0.652. The van der Waals surface area contributed by atoms with Gasteiger partial charge < -0.3 is 9.64 Å². The first-order chi connectivity index (χ1) is 13.8. The molecule has 29 heavy (non-hydrogen) atoms. The average Bonchev–Trinajstić information content (AvgIpc) is 3.04. The van der Waals surface area contributed by atoms with Gasteiger partial charge in [-0.1, -0.05) is 34.8 Å². The van der Waals surface area contributed by atoms with Crippen molar-refractivity contribution in [2.45, 2.75) is 0 Å². The van der Waals surface area contributed by atoms with Gasteiger partial charge in [0.1, 0.15) is 4.88 Å². The van der Waals surface area contributed by atoms with Gasteiger partial charge in [-0.15, -0.1) is 11.3 Å². The predicted molar refractivity (Wildman–Crippen MR) is 116 cm³/mol. The van der Waals surface area contributed by atoms with E-state index in [4.69, 9.17) is 39.5 Å². The number of carbonyl (C=O) groups is 1. The van der Waals surface area contributed by atoms with Crippen molar-refractivity contribution in [3.05, 3.63) is 32.1 Å². The van der Waals surface area contributed by atoms with Crippen LogP contribution in [0.25, 0.3) is 10.1 Å². The number of fused-ring (bicyclic) bond motifs is 1. The highest BCUT2D eigenvalue weighted by atomic mass is 35.5. The summed E-state index contributed by atoms with van der Waals surface area (Å²) in [5.74, 6) is -0.230. The first-order valence-corrected chi connectivity index (χ1v) is 12.3. The number of carbonyl (C=O) groups excluding carboxylic acids is 1. The van der Waals surface area contributed by atoms with Crippen molar-refractivity contribution in [3.8, 4) is 0 Å². The number of halogens is 3. The van der Waals surface area contributed by atoms with Crippen LogP contribution in [0.15, 0.2) is 12.1 Å². The normalized spacial score (nSPS) is 19.8. The van der Waals surface area contributed by atoms with E-state index in [0.29, 0.717) is 64.7 Å². The van der Waals surface area contributed by atoms with Gasteiger partial charge in [-0.3, -0.25) is 4.79 Å². The molecule has 0 spiro atoms. The van der Waals surface area contributed by atoms with Crippen LogP contribution in [-0.4, -0.2) is 80.3 Å². The number of hydrogen-bond donors (Lipinski definition) is 0.